The van der Waals surface area contributed by atoms with Crippen LogP contribution in [0, 0.1) is 5.82 Å². The van der Waals surface area contributed by atoms with Gasteiger partial charge in [0.05, 0.1) is 17.1 Å². The highest BCUT2D eigenvalue weighted by Gasteiger charge is 2.19. The monoisotopic (exact) mass is 457 g/mol. The molecule has 1 atom stereocenters. The van der Waals surface area contributed by atoms with Crippen LogP contribution in [0.15, 0.2) is 71.6 Å². The summed E-state index contributed by atoms with van der Waals surface area (Å²) in [6.45, 7) is 3.34. The third-order valence-electron chi connectivity index (χ3n) is 5.34. The Morgan fingerprint density at radius 3 is 2.39 bits per heavy atom. The molecular weight excluding hydrogens is 433 g/mol. The summed E-state index contributed by atoms with van der Waals surface area (Å²) in [5.74, 6) is 0.277. The molecule has 3 aromatic rings. The number of rotatable bonds is 7. The van der Waals surface area contributed by atoms with Gasteiger partial charge in [-0.3, -0.25) is 9.21 Å². The Morgan fingerprint density at radius 2 is 1.68 bits per heavy atom. The Balaban J connectivity index is 1.62. The molecule has 31 heavy (non-hydrogen) atoms. The van der Waals surface area contributed by atoms with Gasteiger partial charge in [0.2, 0.25) is 0 Å². The molecule has 1 aromatic heterocycles. The zero-order chi connectivity index (χ0) is 21.6. The summed E-state index contributed by atoms with van der Waals surface area (Å²) < 4.78 is 28.6. The van der Waals surface area contributed by atoms with Crippen molar-refractivity contribution in [3.8, 4) is 0 Å². The van der Waals surface area contributed by atoms with Crippen molar-refractivity contribution in [1.29, 1.82) is 0 Å². The van der Waals surface area contributed by atoms with Crippen LogP contribution in [-0.4, -0.2) is 27.2 Å². The van der Waals surface area contributed by atoms with Crippen LogP contribution in [0.2, 0.25) is 5.02 Å². The Hall–Kier alpha value is -2.28. The fraction of sp³-hybridized carbons (Fsp3) is 0.292. The van der Waals surface area contributed by atoms with E-state index < -0.39 is 11.0 Å². The molecule has 4 nitrogen and oxygen atoms in total. The van der Waals surface area contributed by atoms with Crippen molar-refractivity contribution in [2.45, 2.75) is 37.2 Å². The number of pyridine rings is 1. The first kappa shape index (κ1) is 21.9. The molecule has 0 spiro atoms. The molecule has 7 heteroatoms. The normalized spacial score (nSPS) is 15.5. The maximum atomic E-state index is 13.5. The van der Waals surface area contributed by atoms with Crippen LogP contribution in [0.5, 0.6) is 0 Å². The van der Waals surface area contributed by atoms with Crippen molar-refractivity contribution in [1.82, 2.24) is 9.88 Å². The second-order valence-corrected chi connectivity index (χ2v) is 9.54. The molecule has 0 aliphatic carbocycles. The fourth-order valence-corrected chi connectivity index (χ4v) is 4.99. The van der Waals surface area contributed by atoms with Crippen LogP contribution in [0.3, 0.4) is 0 Å². The summed E-state index contributed by atoms with van der Waals surface area (Å²) in [4.78, 5) is 7.78. The summed E-state index contributed by atoms with van der Waals surface area (Å²) in [6, 6.07) is 19.1. The van der Waals surface area contributed by atoms with E-state index in [2.05, 4.69) is 4.90 Å². The van der Waals surface area contributed by atoms with Gasteiger partial charge in [0.1, 0.15) is 11.6 Å². The quantitative estimate of drug-likeness (QED) is 0.464. The summed E-state index contributed by atoms with van der Waals surface area (Å²) in [5, 5.41) is 0.650. The van der Waals surface area contributed by atoms with Crippen molar-refractivity contribution in [2.75, 3.05) is 17.4 Å². The van der Waals surface area contributed by atoms with Crippen LogP contribution in [0.4, 0.5) is 10.2 Å². The smallest absolute Gasteiger partial charge is 0.154 e. The molecule has 4 rings (SSSR count). The van der Waals surface area contributed by atoms with E-state index in [4.69, 9.17) is 16.6 Å². The highest BCUT2D eigenvalue weighted by molar-refractivity contribution is 7.86. The van der Waals surface area contributed by atoms with Crippen molar-refractivity contribution in [2.24, 2.45) is 0 Å². The highest BCUT2D eigenvalue weighted by atomic mass is 35.5. The molecule has 1 aliphatic heterocycles. The van der Waals surface area contributed by atoms with E-state index in [1.165, 1.54) is 31.4 Å². The Morgan fingerprint density at radius 1 is 0.968 bits per heavy atom. The van der Waals surface area contributed by atoms with Crippen LogP contribution in [-0.2, 0) is 24.1 Å². The van der Waals surface area contributed by atoms with Crippen LogP contribution in [0.1, 0.15) is 30.5 Å². The minimum absolute atomic E-state index is 0.355. The number of benzene rings is 2. The SMILES string of the molecule is O=S(c1ccc(F)cc1)N(Cc1ccc(Cl)cc1)c1cccc(CN2CCCCC2)n1. The van der Waals surface area contributed by atoms with Gasteiger partial charge >= 0.3 is 0 Å². The van der Waals surface area contributed by atoms with Crippen LogP contribution >= 0.6 is 11.6 Å². The Labute approximate surface area is 190 Å². The lowest BCUT2D eigenvalue weighted by molar-refractivity contribution is 0.218. The molecule has 0 amide bonds. The minimum atomic E-state index is -1.54. The van der Waals surface area contributed by atoms with Crippen molar-refractivity contribution in [3.05, 3.63) is 88.8 Å². The summed E-state index contributed by atoms with van der Waals surface area (Å²) >= 11 is 6.03. The van der Waals surface area contributed by atoms with E-state index in [0.717, 1.165) is 30.9 Å². The van der Waals surface area contributed by atoms with Gasteiger partial charge in [-0.2, -0.15) is 0 Å². The number of nitrogens with zero attached hydrogens (tertiary/aromatic N) is 3. The molecular formula is C24H25ClFN3OS. The number of likely N-dealkylation sites (tertiary alicyclic amines) is 1. The zero-order valence-corrected chi connectivity index (χ0v) is 18.8. The predicted octanol–water partition coefficient (Wildman–Crippen LogP) is 5.59. The van der Waals surface area contributed by atoms with Gasteiger partial charge in [-0.15, -0.1) is 0 Å². The van der Waals surface area contributed by atoms with Crippen molar-refractivity contribution < 1.29 is 8.60 Å². The number of hydrogen-bond acceptors (Lipinski definition) is 3. The van der Waals surface area contributed by atoms with Crippen LogP contribution in [0.25, 0.3) is 0 Å². The largest absolute Gasteiger partial charge is 0.298 e. The first-order valence-electron chi connectivity index (χ1n) is 10.5. The Kier molecular flexibility index (Phi) is 7.33. The highest BCUT2D eigenvalue weighted by Crippen LogP contribution is 2.23. The van der Waals surface area contributed by atoms with Gasteiger partial charge in [-0.1, -0.05) is 36.2 Å². The Bertz CT molecular complexity index is 1020. The third-order valence-corrected chi connectivity index (χ3v) is 6.98. The van der Waals surface area contributed by atoms with Crippen molar-refractivity contribution >= 4 is 28.4 Å². The average molecular weight is 458 g/mol. The van der Waals surface area contributed by atoms with Gasteiger partial charge in [0.15, 0.2) is 11.0 Å². The van der Waals surface area contributed by atoms with E-state index in [9.17, 15) is 8.60 Å². The molecule has 2 heterocycles. The summed E-state index contributed by atoms with van der Waals surface area (Å²) in [7, 11) is -1.54. The average Bonchev–Trinajstić information content (AvgIpc) is 2.80. The molecule has 0 bridgehead atoms. The number of aromatic nitrogens is 1. The van der Waals surface area contributed by atoms with Gasteiger partial charge in [-0.25, -0.2) is 13.6 Å². The van der Waals surface area contributed by atoms with E-state index in [1.54, 1.807) is 16.4 Å². The molecule has 1 unspecified atom stereocenters. The van der Waals surface area contributed by atoms with E-state index in [1.807, 2.05) is 42.5 Å². The number of halogens is 2. The standard InChI is InChI=1S/C24H25ClFN3OS/c25-20-9-7-19(8-10-20)17-29(31(30)23-13-11-21(26)12-14-23)24-6-4-5-22(27-24)18-28-15-2-1-3-16-28/h4-14H,1-3,15-18H2. The number of hydrogen-bond donors (Lipinski definition) is 0. The zero-order valence-electron chi connectivity index (χ0n) is 17.2. The lowest BCUT2D eigenvalue weighted by Gasteiger charge is -2.27. The van der Waals surface area contributed by atoms with Gasteiger partial charge in [0, 0.05) is 11.6 Å². The molecule has 1 fully saturated rings. The second kappa shape index (κ2) is 10.4. The third kappa shape index (κ3) is 5.91. The fourth-order valence-electron chi connectivity index (χ4n) is 3.70. The minimum Gasteiger partial charge on any atom is -0.298 e. The molecule has 0 saturated carbocycles. The second-order valence-electron chi connectivity index (χ2n) is 7.69. The summed E-state index contributed by atoms with van der Waals surface area (Å²) in [5.41, 5.74) is 1.92. The van der Waals surface area contributed by atoms with Crippen LogP contribution < -0.4 is 4.31 Å². The van der Waals surface area contributed by atoms with E-state index in [-0.39, 0.29) is 5.82 Å². The lowest BCUT2D eigenvalue weighted by Crippen LogP contribution is -2.30. The van der Waals surface area contributed by atoms with Gasteiger partial charge in [-0.05, 0) is 80.0 Å². The van der Waals surface area contributed by atoms with Crippen molar-refractivity contribution in [3.63, 3.8) is 0 Å². The van der Waals surface area contributed by atoms with E-state index >= 15 is 0 Å². The molecule has 0 N–H and O–H groups in total. The predicted molar refractivity (Wildman–Crippen MR) is 124 cm³/mol. The maximum absolute atomic E-state index is 13.5. The van der Waals surface area contributed by atoms with Gasteiger partial charge < -0.3 is 0 Å². The topological polar surface area (TPSA) is 36.4 Å². The molecule has 2 aromatic carbocycles. The van der Waals surface area contributed by atoms with E-state index in [0.29, 0.717) is 22.3 Å². The maximum Gasteiger partial charge on any atom is 0.154 e. The first-order valence-corrected chi connectivity index (χ1v) is 11.9. The number of piperidine rings is 1. The summed E-state index contributed by atoms with van der Waals surface area (Å²) in [6.07, 6.45) is 3.73. The van der Waals surface area contributed by atoms with Gasteiger partial charge in [0.25, 0.3) is 0 Å². The molecule has 0 radical (unpaired) electrons. The molecule has 162 valence electrons. The number of anilines is 1. The first-order chi connectivity index (χ1) is 15.1. The molecule has 1 aliphatic rings. The molecule has 1 saturated heterocycles. The lowest BCUT2D eigenvalue weighted by atomic mass is 10.1.